The van der Waals surface area contributed by atoms with E-state index in [0.717, 1.165) is 5.92 Å². The van der Waals surface area contributed by atoms with Crippen LogP contribution in [0, 0.1) is 0 Å². The molecular formula is C12H12BrN. The van der Waals surface area contributed by atoms with Crippen LogP contribution in [-0.2, 0) is 7.05 Å². The lowest BCUT2D eigenvalue weighted by atomic mass is 10.1. The largest absolute Gasteiger partial charge is 0.338 e. The van der Waals surface area contributed by atoms with Crippen molar-refractivity contribution in [3.63, 3.8) is 0 Å². The normalized spacial score (nSPS) is 16.4. The standard InChI is InChI=1S/C12H12BrN/c1-14-10-5-3-2-4-9(10)11(12(14)13)8-6-7-8/h2-5,8H,6-7H2,1H3. The summed E-state index contributed by atoms with van der Waals surface area (Å²) in [5.74, 6) is 0.801. The SMILES string of the molecule is Cn1c(Br)c(C2CC2)c2ccccc21. The molecule has 1 nitrogen and oxygen atoms in total. The van der Waals surface area contributed by atoms with Crippen molar-refractivity contribution in [3.05, 3.63) is 34.4 Å². The summed E-state index contributed by atoms with van der Waals surface area (Å²) in [6.07, 6.45) is 2.71. The van der Waals surface area contributed by atoms with E-state index in [1.54, 1.807) is 0 Å². The Morgan fingerprint density at radius 1 is 1.29 bits per heavy atom. The van der Waals surface area contributed by atoms with Crippen molar-refractivity contribution in [2.45, 2.75) is 18.8 Å². The minimum Gasteiger partial charge on any atom is -0.338 e. The fraction of sp³-hybridized carbons (Fsp3) is 0.333. The first kappa shape index (κ1) is 8.54. The van der Waals surface area contributed by atoms with Crippen LogP contribution in [0.5, 0.6) is 0 Å². The Morgan fingerprint density at radius 3 is 2.71 bits per heavy atom. The third-order valence-electron chi connectivity index (χ3n) is 3.06. The minimum absolute atomic E-state index is 0.801. The Morgan fingerprint density at radius 2 is 2.00 bits per heavy atom. The quantitative estimate of drug-likeness (QED) is 0.725. The topological polar surface area (TPSA) is 4.93 Å². The Bertz CT molecular complexity index is 494. The van der Waals surface area contributed by atoms with Gasteiger partial charge >= 0.3 is 0 Å². The summed E-state index contributed by atoms with van der Waals surface area (Å²) in [7, 11) is 2.12. The van der Waals surface area contributed by atoms with Gasteiger partial charge in [-0.05, 0) is 46.3 Å². The molecule has 0 bridgehead atoms. The second-order valence-electron chi connectivity index (χ2n) is 4.05. The first-order valence-electron chi connectivity index (χ1n) is 5.02. The van der Waals surface area contributed by atoms with Crippen molar-refractivity contribution in [1.82, 2.24) is 4.57 Å². The lowest BCUT2D eigenvalue weighted by Crippen LogP contribution is -1.86. The van der Waals surface area contributed by atoms with Gasteiger partial charge < -0.3 is 4.57 Å². The van der Waals surface area contributed by atoms with Crippen LogP contribution in [0.2, 0.25) is 0 Å². The van der Waals surface area contributed by atoms with Crippen molar-refractivity contribution >= 4 is 26.8 Å². The third-order valence-corrected chi connectivity index (χ3v) is 4.02. The zero-order valence-electron chi connectivity index (χ0n) is 8.13. The number of para-hydroxylation sites is 1. The summed E-state index contributed by atoms with van der Waals surface area (Å²) in [5, 5.41) is 1.42. The van der Waals surface area contributed by atoms with E-state index in [4.69, 9.17) is 0 Å². The number of rotatable bonds is 1. The summed E-state index contributed by atoms with van der Waals surface area (Å²) in [6, 6.07) is 8.64. The molecule has 14 heavy (non-hydrogen) atoms. The smallest absolute Gasteiger partial charge is 0.0890 e. The van der Waals surface area contributed by atoms with E-state index in [1.165, 1.54) is 33.9 Å². The van der Waals surface area contributed by atoms with Crippen LogP contribution in [0.15, 0.2) is 28.9 Å². The van der Waals surface area contributed by atoms with Crippen molar-refractivity contribution in [2.75, 3.05) is 0 Å². The van der Waals surface area contributed by atoms with Crippen molar-refractivity contribution < 1.29 is 0 Å². The van der Waals surface area contributed by atoms with Gasteiger partial charge in [0.25, 0.3) is 0 Å². The van der Waals surface area contributed by atoms with Gasteiger partial charge in [0.1, 0.15) is 0 Å². The second-order valence-corrected chi connectivity index (χ2v) is 4.81. The molecule has 0 spiro atoms. The molecule has 0 aliphatic heterocycles. The number of hydrogen-bond donors (Lipinski definition) is 0. The van der Waals surface area contributed by atoms with Gasteiger partial charge in [0.15, 0.2) is 0 Å². The molecule has 72 valence electrons. The number of aromatic nitrogens is 1. The van der Waals surface area contributed by atoms with Crippen LogP contribution in [0.4, 0.5) is 0 Å². The van der Waals surface area contributed by atoms with Gasteiger partial charge in [-0.3, -0.25) is 0 Å². The lowest BCUT2D eigenvalue weighted by molar-refractivity contribution is 0.921. The van der Waals surface area contributed by atoms with E-state index in [9.17, 15) is 0 Å². The van der Waals surface area contributed by atoms with Gasteiger partial charge in [0, 0.05) is 18.0 Å². The Kier molecular flexibility index (Phi) is 1.75. The Hall–Kier alpha value is -0.760. The molecule has 1 saturated carbocycles. The lowest BCUT2D eigenvalue weighted by Gasteiger charge is -1.96. The number of fused-ring (bicyclic) bond motifs is 1. The predicted molar refractivity (Wildman–Crippen MR) is 62.6 cm³/mol. The summed E-state index contributed by atoms with van der Waals surface area (Å²) in [4.78, 5) is 0. The minimum atomic E-state index is 0.801. The van der Waals surface area contributed by atoms with E-state index in [1.807, 2.05) is 0 Å². The molecule has 0 unspecified atom stereocenters. The molecule has 1 aromatic carbocycles. The average Bonchev–Trinajstić information content (AvgIpc) is 2.99. The predicted octanol–water partition coefficient (Wildman–Crippen LogP) is 3.82. The number of hydrogen-bond acceptors (Lipinski definition) is 0. The highest BCUT2D eigenvalue weighted by Crippen LogP contribution is 2.47. The van der Waals surface area contributed by atoms with Crippen LogP contribution < -0.4 is 0 Å². The van der Waals surface area contributed by atoms with Crippen LogP contribution in [0.1, 0.15) is 24.3 Å². The van der Waals surface area contributed by atoms with Crippen LogP contribution in [0.3, 0.4) is 0 Å². The average molecular weight is 250 g/mol. The molecule has 0 N–H and O–H groups in total. The third kappa shape index (κ3) is 1.07. The van der Waals surface area contributed by atoms with Gasteiger partial charge in [-0.15, -0.1) is 0 Å². The molecule has 2 heteroatoms. The molecule has 0 atom stereocenters. The van der Waals surface area contributed by atoms with E-state index >= 15 is 0 Å². The molecule has 1 aliphatic rings. The van der Waals surface area contributed by atoms with E-state index in [-0.39, 0.29) is 0 Å². The molecule has 3 rings (SSSR count). The van der Waals surface area contributed by atoms with Crippen LogP contribution in [-0.4, -0.2) is 4.57 Å². The summed E-state index contributed by atoms with van der Waals surface area (Å²) in [5.41, 5.74) is 2.85. The van der Waals surface area contributed by atoms with E-state index in [0.29, 0.717) is 0 Å². The monoisotopic (exact) mass is 249 g/mol. The molecule has 1 heterocycles. The molecular weight excluding hydrogens is 238 g/mol. The maximum absolute atomic E-state index is 3.70. The number of aryl methyl sites for hydroxylation is 1. The molecule has 0 amide bonds. The van der Waals surface area contributed by atoms with Gasteiger partial charge in [-0.25, -0.2) is 0 Å². The van der Waals surface area contributed by atoms with Gasteiger partial charge in [0.05, 0.1) is 4.60 Å². The van der Waals surface area contributed by atoms with Gasteiger partial charge in [-0.2, -0.15) is 0 Å². The molecule has 1 aliphatic carbocycles. The molecule has 0 saturated heterocycles. The van der Waals surface area contributed by atoms with Gasteiger partial charge in [0.2, 0.25) is 0 Å². The Balaban J connectivity index is 2.40. The van der Waals surface area contributed by atoms with E-state index < -0.39 is 0 Å². The number of benzene rings is 1. The number of halogens is 1. The summed E-state index contributed by atoms with van der Waals surface area (Å²) < 4.78 is 3.50. The molecule has 2 aromatic rings. The number of nitrogens with zero attached hydrogens (tertiary/aromatic N) is 1. The van der Waals surface area contributed by atoms with Gasteiger partial charge in [-0.1, -0.05) is 18.2 Å². The summed E-state index contributed by atoms with van der Waals surface area (Å²) in [6.45, 7) is 0. The highest BCUT2D eigenvalue weighted by atomic mass is 79.9. The molecule has 1 fully saturated rings. The zero-order valence-corrected chi connectivity index (χ0v) is 9.71. The van der Waals surface area contributed by atoms with Crippen LogP contribution >= 0.6 is 15.9 Å². The van der Waals surface area contributed by atoms with Crippen LogP contribution in [0.25, 0.3) is 10.9 Å². The summed E-state index contributed by atoms with van der Waals surface area (Å²) >= 11 is 3.70. The maximum atomic E-state index is 3.70. The Labute approximate surface area is 91.9 Å². The second kappa shape index (κ2) is 2.86. The van der Waals surface area contributed by atoms with E-state index in [2.05, 4.69) is 51.8 Å². The fourth-order valence-electron chi connectivity index (χ4n) is 2.15. The fourth-order valence-corrected chi connectivity index (χ4v) is 2.88. The highest BCUT2D eigenvalue weighted by molar-refractivity contribution is 9.10. The first-order valence-corrected chi connectivity index (χ1v) is 5.81. The maximum Gasteiger partial charge on any atom is 0.0890 e. The van der Waals surface area contributed by atoms with Crippen molar-refractivity contribution in [2.24, 2.45) is 7.05 Å². The van der Waals surface area contributed by atoms with Crippen molar-refractivity contribution in [1.29, 1.82) is 0 Å². The van der Waals surface area contributed by atoms with Crippen molar-refractivity contribution in [3.8, 4) is 0 Å². The molecule has 1 aromatic heterocycles. The highest BCUT2D eigenvalue weighted by Gasteiger charge is 2.29. The zero-order chi connectivity index (χ0) is 9.71. The first-order chi connectivity index (χ1) is 6.79. The molecule has 0 radical (unpaired) electrons.